The van der Waals surface area contributed by atoms with Gasteiger partial charge in [0.1, 0.15) is 11.3 Å². The summed E-state index contributed by atoms with van der Waals surface area (Å²) in [5.41, 5.74) is 14.6. The van der Waals surface area contributed by atoms with Crippen molar-refractivity contribution >= 4 is 60.3 Å². The largest absolute Gasteiger partial charge is 0.455 e. The fourth-order valence-electron chi connectivity index (χ4n) is 9.49. The topological polar surface area (TPSA) is 16.4 Å². The molecule has 64 heavy (non-hydrogen) atoms. The smallest absolute Gasteiger partial charge is 0.143 e. The minimum atomic E-state index is 0.887. The SMILES string of the molecule is c1ccc(-c2c(-c3cccc(-c4ccc(-c5ccc(N(c6ccc(-c7cccc8ccccc78)cc6)c6ccc7c(ccc8ccccc87)c6)cc5)cc4)c3)oc3ccccc23)cc1. The lowest BCUT2D eigenvalue weighted by Crippen LogP contribution is -2.09. The van der Waals surface area contributed by atoms with E-state index >= 15 is 0 Å². The normalized spacial score (nSPS) is 11.4. The number of para-hydroxylation sites is 1. The molecule has 0 bridgehead atoms. The van der Waals surface area contributed by atoms with E-state index < -0.39 is 0 Å². The van der Waals surface area contributed by atoms with Crippen LogP contribution in [-0.2, 0) is 0 Å². The Morgan fingerprint density at radius 3 is 1.52 bits per heavy atom. The molecule has 11 aromatic carbocycles. The number of nitrogens with zero attached hydrogens (tertiary/aromatic N) is 1. The Labute approximate surface area is 372 Å². The van der Waals surface area contributed by atoms with Crippen molar-refractivity contribution in [1.82, 2.24) is 0 Å². The van der Waals surface area contributed by atoms with Crippen molar-refractivity contribution in [1.29, 1.82) is 0 Å². The lowest BCUT2D eigenvalue weighted by Gasteiger charge is -2.26. The molecule has 0 aliphatic rings. The quantitative estimate of drug-likeness (QED) is 0.142. The van der Waals surface area contributed by atoms with Crippen molar-refractivity contribution in [3.8, 4) is 55.8 Å². The number of furan rings is 1. The molecule has 0 spiro atoms. The van der Waals surface area contributed by atoms with E-state index in [9.17, 15) is 0 Å². The van der Waals surface area contributed by atoms with E-state index in [0.29, 0.717) is 0 Å². The molecule has 12 rings (SSSR count). The second-order valence-corrected chi connectivity index (χ2v) is 16.5. The van der Waals surface area contributed by atoms with Gasteiger partial charge in [0.2, 0.25) is 0 Å². The first-order valence-electron chi connectivity index (χ1n) is 21.9. The Hall–Kier alpha value is -8.46. The predicted octanol–water partition coefficient (Wildman–Crippen LogP) is 17.7. The van der Waals surface area contributed by atoms with Crippen LogP contribution < -0.4 is 4.90 Å². The highest BCUT2D eigenvalue weighted by atomic mass is 16.3. The minimum Gasteiger partial charge on any atom is -0.455 e. The summed E-state index contributed by atoms with van der Waals surface area (Å²) < 4.78 is 6.56. The third-order valence-corrected chi connectivity index (χ3v) is 12.7. The summed E-state index contributed by atoms with van der Waals surface area (Å²) in [6.45, 7) is 0. The summed E-state index contributed by atoms with van der Waals surface area (Å²) in [7, 11) is 0. The van der Waals surface area contributed by atoms with Gasteiger partial charge in [0.05, 0.1) is 0 Å². The number of anilines is 3. The highest BCUT2D eigenvalue weighted by molar-refractivity contribution is 6.09. The molecule has 1 aromatic heterocycles. The van der Waals surface area contributed by atoms with E-state index in [1.807, 2.05) is 12.1 Å². The standard InChI is InChI=1S/C62H41NO/c1-2-14-48(15-3-1)61-59-21-8-9-23-60(59)64-62(61)51-18-10-17-49(40-51)44-26-24-42(25-27-44)43-30-34-52(35-31-43)63(54-38-39-58-50(41-54)29-28-46-13-5-7-20-56(46)58)53-36-32-47(33-37-53)57-22-11-16-45-12-4-6-19-55(45)57/h1-41H. The zero-order valence-electron chi connectivity index (χ0n) is 35.0. The van der Waals surface area contributed by atoms with Crippen LogP contribution in [0.5, 0.6) is 0 Å². The molecule has 1 heterocycles. The highest BCUT2D eigenvalue weighted by Gasteiger charge is 2.19. The first-order valence-corrected chi connectivity index (χ1v) is 21.9. The van der Waals surface area contributed by atoms with Gasteiger partial charge >= 0.3 is 0 Å². The molecule has 0 N–H and O–H groups in total. The number of rotatable bonds is 8. The average molecular weight is 816 g/mol. The van der Waals surface area contributed by atoms with Crippen molar-refractivity contribution in [3.05, 3.63) is 249 Å². The number of hydrogen-bond donors (Lipinski definition) is 0. The summed E-state index contributed by atoms with van der Waals surface area (Å²) in [6.07, 6.45) is 0. The van der Waals surface area contributed by atoms with E-state index in [1.54, 1.807) is 0 Å². The lowest BCUT2D eigenvalue weighted by atomic mass is 9.95. The Bertz CT molecular complexity index is 3630. The second kappa shape index (κ2) is 15.8. The molecular formula is C62H41NO. The van der Waals surface area contributed by atoms with Gasteiger partial charge in [-0.3, -0.25) is 0 Å². The summed E-state index contributed by atoms with van der Waals surface area (Å²) in [4.78, 5) is 2.37. The van der Waals surface area contributed by atoms with Gasteiger partial charge in [0, 0.05) is 33.6 Å². The van der Waals surface area contributed by atoms with Gasteiger partial charge in [-0.1, -0.05) is 200 Å². The molecule has 0 aliphatic heterocycles. The molecule has 2 nitrogen and oxygen atoms in total. The lowest BCUT2D eigenvalue weighted by molar-refractivity contribution is 0.632. The minimum absolute atomic E-state index is 0.887. The molecular weight excluding hydrogens is 775 g/mol. The van der Waals surface area contributed by atoms with Gasteiger partial charge in [0.25, 0.3) is 0 Å². The molecule has 0 radical (unpaired) electrons. The number of fused-ring (bicyclic) bond motifs is 5. The molecule has 0 unspecified atom stereocenters. The van der Waals surface area contributed by atoms with Gasteiger partial charge in [-0.2, -0.15) is 0 Å². The first kappa shape index (κ1) is 37.3. The second-order valence-electron chi connectivity index (χ2n) is 16.5. The van der Waals surface area contributed by atoms with Crippen molar-refractivity contribution in [2.24, 2.45) is 0 Å². The summed E-state index contributed by atoms with van der Waals surface area (Å²) in [5.74, 6) is 0.887. The molecule has 0 fully saturated rings. The van der Waals surface area contributed by atoms with E-state index in [1.165, 1.54) is 49.0 Å². The van der Waals surface area contributed by atoms with Gasteiger partial charge in [0.15, 0.2) is 0 Å². The van der Waals surface area contributed by atoms with Crippen LogP contribution in [0.3, 0.4) is 0 Å². The van der Waals surface area contributed by atoms with Gasteiger partial charge in [-0.25, -0.2) is 0 Å². The fraction of sp³-hybridized carbons (Fsp3) is 0. The summed E-state index contributed by atoms with van der Waals surface area (Å²) in [5, 5.41) is 8.61. The maximum absolute atomic E-state index is 6.56. The van der Waals surface area contributed by atoms with Crippen molar-refractivity contribution < 1.29 is 4.42 Å². The van der Waals surface area contributed by atoms with Crippen LogP contribution in [-0.4, -0.2) is 0 Å². The molecule has 0 aliphatic carbocycles. The molecule has 0 saturated heterocycles. The number of benzene rings is 11. The van der Waals surface area contributed by atoms with Crippen molar-refractivity contribution in [2.45, 2.75) is 0 Å². The van der Waals surface area contributed by atoms with E-state index in [2.05, 4.69) is 241 Å². The third-order valence-electron chi connectivity index (χ3n) is 12.7. The first-order chi connectivity index (χ1) is 31.7. The predicted molar refractivity (Wildman–Crippen MR) is 271 cm³/mol. The van der Waals surface area contributed by atoms with Crippen LogP contribution in [0.25, 0.3) is 99.1 Å². The third kappa shape index (κ3) is 6.70. The molecule has 0 saturated carbocycles. The van der Waals surface area contributed by atoms with Crippen LogP contribution in [0.2, 0.25) is 0 Å². The average Bonchev–Trinajstić information content (AvgIpc) is 3.77. The van der Waals surface area contributed by atoms with Crippen molar-refractivity contribution in [2.75, 3.05) is 4.90 Å². The van der Waals surface area contributed by atoms with Crippen LogP contribution >= 0.6 is 0 Å². The summed E-state index contributed by atoms with van der Waals surface area (Å²) >= 11 is 0. The Morgan fingerprint density at radius 2 is 0.766 bits per heavy atom. The molecule has 300 valence electrons. The zero-order valence-corrected chi connectivity index (χ0v) is 35.0. The Balaban J connectivity index is 0.876. The maximum Gasteiger partial charge on any atom is 0.143 e. The Morgan fingerprint density at radius 1 is 0.266 bits per heavy atom. The maximum atomic E-state index is 6.56. The van der Waals surface area contributed by atoms with Crippen LogP contribution in [0.4, 0.5) is 17.1 Å². The summed E-state index contributed by atoms with van der Waals surface area (Å²) in [6, 6.07) is 89.5. The Kier molecular flexibility index (Phi) is 9.20. The van der Waals surface area contributed by atoms with Crippen LogP contribution in [0.1, 0.15) is 0 Å². The number of hydrogen-bond acceptors (Lipinski definition) is 2. The van der Waals surface area contributed by atoms with E-state index in [0.717, 1.165) is 67.2 Å². The van der Waals surface area contributed by atoms with E-state index in [4.69, 9.17) is 4.42 Å². The van der Waals surface area contributed by atoms with Crippen molar-refractivity contribution in [3.63, 3.8) is 0 Å². The van der Waals surface area contributed by atoms with E-state index in [-0.39, 0.29) is 0 Å². The monoisotopic (exact) mass is 815 g/mol. The van der Waals surface area contributed by atoms with Gasteiger partial charge < -0.3 is 9.32 Å². The van der Waals surface area contributed by atoms with Crippen LogP contribution in [0.15, 0.2) is 253 Å². The molecule has 2 heteroatoms. The molecule has 0 atom stereocenters. The zero-order chi connectivity index (χ0) is 42.4. The molecule has 0 amide bonds. The van der Waals surface area contributed by atoms with Gasteiger partial charge in [-0.15, -0.1) is 0 Å². The molecule has 12 aromatic rings. The fourth-order valence-corrected chi connectivity index (χ4v) is 9.49. The van der Waals surface area contributed by atoms with Crippen LogP contribution in [0, 0.1) is 0 Å². The highest BCUT2D eigenvalue weighted by Crippen LogP contribution is 2.43. The van der Waals surface area contributed by atoms with Gasteiger partial charge in [-0.05, 0) is 120 Å².